The van der Waals surface area contributed by atoms with Gasteiger partial charge in [-0.2, -0.15) is 0 Å². The highest BCUT2D eigenvalue weighted by Crippen LogP contribution is 2.23. The number of aryl methyl sites for hydroxylation is 1. The molecule has 1 aliphatic heterocycles. The van der Waals surface area contributed by atoms with Crippen LogP contribution in [-0.4, -0.2) is 29.3 Å². The quantitative estimate of drug-likeness (QED) is 0.711. The predicted octanol–water partition coefficient (Wildman–Crippen LogP) is 4.01. The molecule has 3 rings (SSSR count). The van der Waals surface area contributed by atoms with E-state index in [0.29, 0.717) is 29.4 Å². The van der Waals surface area contributed by atoms with Crippen LogP contribution < -0.4 is 11.1 Å². The summed E-state index contributed by atoms with van der Waals surface area (Å²) in [6.45, 7) is 1.49. The van der Waals surface area contributed by atoms with E-state index in [4.69, 9.17) is 28.9 Å². The number of amides is 2. The van der Waals surface area contributed by atoms with Crippen LogP contribution in [0.4, 0.5) is 5.69 Å². The zero-order chi connectivity index (χ0) is 20.1. The Morgan fingerprint density at radius 2 is 2.00 bits per heavy atom. The van der Waals surface area contributed by atoms with Crippen molar-refractivity contribution >= 4 is 40.7 Å². The van der Waals surface area contributed by atoms with Gasteiger partial charge in [0, 0.05) is 28.7 Å². The summed E-state index contributed by atoms with van der Waals surface area (Å²) in [5, 5.41) is 4.07. The lowest BCUT2D eigenvalue weighted by Gasteiger charge is -2.22. The topological polar surface area (TPSA) is 75.4 Å². The molecule has 0 radical (unpaired) electrons. The summed E-state index contributed by atoms with van der Waals surface area (Å²) in [6.07, 6.45) is 2.63. The van der Waals surface area contributed by atoms with Crippen molar-refractivity contribution in [3.63, 3.8) is 0 Å². The number of likely N-dealkylation sites (tertiary alicyclic amines) is 1. The minimum atomic E-state index is -0.275. The van der Waals surface area contributed by atoms with Gasteiger partial charge in [-0.15, -0.1) is 0 Å². The molecule has 1 aliphatic rings. The first kappa shape index (κ1) is 20.6. The first-order chi connectivity index (χ1) is 13.4. The van der Waals surface area contributed by atoms with Gasteiger partial charge >= 0.3 is 0 Å². The molecule has 148 valence electrons. The van der Waals surface area contributed by atoms with Gasteiger partial charge in [0.05, 0.1) is 6.04 Å². The maximum absolute atomic E-state index is 12.3. The Balaban J connectivity index is 1.56. The van der Waals surface area contributed by atoms with Crippen molar-refractivity contribution < 1.29 is 9.59 Å². The van der Waals surface area contributed by atoms with Crippen LogP contribution in [0.5, 0.6) is 0 Å². The molecule has 1 unspecified atom stereocenters. The Hall–Kier alpha value is -2.08. The van der Waals surface area contributed by atoms with Gasteiger partial charge in [-0.25, -0.2) is 0 Å². The van der Waals surface area contributed by atoms with Gasteiger partial charge in [-0.05, 0) is 61.2 Å². The molecular formula is C21H23Cl2N3O2. The maximum atomic E-state index is 12.3. The average molecular weight is 420 g/mol. The van der Waals surface area contributed by atoms with E-state index in [1.165, 1.54) is 0 Å². The van der Waals surface area contributed by atoms with Crippen molar-refractivity contribution in [3.05, 3.63) is 63.6 Å². The van der Waals surface area contributed by atoms with E-state index in [-0.39, 0.29) is 17.9 Å². The number of hydrogen-bond donors (Lipinski definition) is 2. The van der Waals surface area contributed by atoms with Gasteiger partial charge in [0.1, 0.15) is 0 Å². The van der Waals surface area contributed by atoms with Crippen molar-refractivity contribution in [1.29, 1.82) is 0 Å². The normalized spacial score (nSPS) is 16.9. The van der Waals surface area contributed by atoms with Crippen LogP contribution in [0.2, 0.25) is 10.0 Å². The second kappa shape index (κ2) is 9.41. The predicted molar refractivity (Wildman–Crippen MR) is 112 cm³/mol. The lowest BCUT2D eigenvalue weighted by Crippen LogP contribution is -2.39. The number of primary amides is 1. The first-order valence-corrected chi connectivity index (χ1v) is 10.0. The molecule has 1 heterocycles. The highest BCUT2D eigenvalue weighted by atomic mass is 35.5. The lowest BCUT2D eigenvalue weighted by molar-refractivity contribution is -0.122. The third-order valence-electron chi connectivity index (χ3n) is 4.93. The molecule has 2 amide bonds. The van der Waals surface area contributed by atoms with Crippen LogP contribution in [0.25, 0.3) is 0 Å². The zero-order valence-electron chi connectivity index (χ0n) is 15.5. The number of carbonyl (C=O) groups is 2. The van der Waals surface area contributed by atoms with E-state index < -0.39 is 0 Å². The summed E-state index contributed by atoms with van der Waals surface area (Å²) in [5.41, 5.74) is 8.14. The molecule has 2 aromatic rings. The van der Waals surface area contributed by atoms with E-state index >= 15 is 0 Å². The number of anilines is 1. The fraction of sp³-hybridized carbons (Fsp3) is 0.333. The summed E-state index contributed by atoms with van der Waals surface area (Å²) in [5.74, 6) is -0.359. The smallest absolute Gasteiger partial charge is 0.234 e. The molecule has 28 heavy (non-hydrogen) atoms. The van der Waals surface area contributed by atoms with E-state index in [1.807, 2.05) is 30.3 Å². The summed E-state index contributed by atoms with van der Waals surface area (Å²) in [4.78, 5) is 26.0. The van der Waals surface area contributed by atoms with Gasteiger partial charge in [0.25, 0.3) is 0 Å². The van der Waals surface area contributed by atoms with Crippen molar-refractivity contribution in [2.24, 2.45) is 5.73 Å². The molecule has 5 nitrogen and oxygen atoms in total. The van der Waals surface area contributed by atoms with Crippen LogP contribution >= 0.6 is 23.2 Å². The summed E-state index contributed by atoms with van der Waals surface area (Å²) in [6, 6.07) is 12.7. The second-order valence-corrected chi connectivity index (χ2v) is 7.86. The molecule has 3 N–H and O–H groups in total. The minimum absolute atomic E-state index is 0.0839. The number of nitrogens with one attached hydrogen (secondary N) is 1. The molecule has 0 spiro atoms. The van der Waals surface area contributed by atoms with Crippen LogP contribution in [0, 0.1) is 0 Å². The molecule has 0 aliphatic carbocycles. The second-order valence-electron chi connectivity index (χ2n) is 7.02. The van der Waals surface area contributed by atoms with Gasteiger partial charge < -0.3 is 11.1 Å². The Morgan fingerprint density at radius 1 is 1.18 bits per heavy atom. The molecule has 0 aromatic heterocycles. The van der Waals surface area contributed by atoms with Gasteiger partial charge in [0.15, 0.2) is 0 Å². The summed E-state index contributed by atoms with van der Waals surface area (Å²) >= 11 is 12.1. The number of nitrogens with zero attached hydrogens (tertiary/aromatic N) is 1. The number of benzene rings is 2. The lowest BCUT2D eigenvalue weighted by atomic mass is 10.1. The maximum Gasteiger partial charge on any atom is 0.234 e. The molecular weight excluding hydrogens is 397 g/mol. The average Bonchev–Trinajstić information content (AvgIpc) is 3.09. The van der Waals surface area contributed by atoms with Gasteiger partial charge in [0.2, 0.25) is 11.8 Å². The molecule has 1 fully saturated rings. The number of hydrogen-bond acceptors (Lipinski definition) is 3. The van der Waals surface area contributed by atoms with Crippen molar-refractivity contribution in [1.82, 2.24) is 4.90 Å². The van der Waals surface area contributed by atoms with E-state index in [2.05, 4.69) is 10.2 Å². The van der Waals surface area contributed by atoms with Crippen LogP contribution in [0.1, 0.15) is 30.4 Å². The van der Waals surface area contributed by atoms with Crippen molar-refractivity contribution in [2.75, 3.05) is 11.9 Å². The molecule has 0 saturated carbocycles. The minimum Gasteiger partial charge on any atom is -0.368 e. The Morgan fingerprint density at radius 3 is 2.75 bits per heavy atom. The zero-order valence-corrected chi connectivity index (χ0v) is 17.0. The van der Waals surface area contributed by atoms with Crippen LogP contribution in [-0.2, 0) is 22.6 Å². The molecule has 0 bridgehead atoms. The first-order valence-electron chi connectivity index (χ1n) is 9.28. The molecule has 2 aromatic carbocycles. The third kappa shape index (κ3) is 5.47. The van der Waals surface area contributed by atoms with Gasteiger partial charge in [-0.3, -0.25) is 14.5 Å². The SMILES string of the molecule is NC(=O)C1CCCN1Cc1cccc(NC(=O)CCc2ccc(Cl)cc2Cl)c1. The molecule has 7 heteroatoms. The number of rotatable bonds is 7. The molecule has 1 atom stereocenters. The third-order valence-corrected chi connectivity index (χ3v) is 5.51. The monoisotopic (exact) mass is 419 g/mol. The standard InChI is InChI=1S/C21H23Cl2N3O2/c22-16-8-6-15(18(23)12-16)7-9-20(27)25-17-4-1-3-14(11-17)13-26-10-2-5-19(26)21(24)28/h1,3-4,6,8,11-12,19H,2,5,7,9-10,13H2,(H2,24,28)(H,25,27). The van der Waals surface area contributed by atoms with Gasteiger partial charge in [-0.1, -0.05) is 41.4 Å². The largest absolute Gasteiger partial charge is 0.368 e. The number of carbonyl (C=O) groups excluding carboxylic acids is 2. The van der Waals surface area contributed by atoms with E-state index in [9.17, 15) is 9.59 Å². The highest BCUT2D eigenvalue weighted by molar-refractivity contribution is 6.35. The Bertz CT molecular complexity index is 872. The highest BCUT2D eigenvalue weighted by Gasteiger charge is 2.28. The van der Waals surface area contributed by atoms with Crippen LogP contribution in [0.15, 0.2) is 42.5 Å². The molecule has 1 saturated heterocycles. The fourth-order valence-electron chi connectivity index (χ4n) is 3.52. The summed E-state index contributed by atoms with van der Waals surface area (Å²) < 4.78 is 0. The fourth-order valence-corrected chi connectivity index (χ4v) is 4.02. The van der Waals surface area contributed by atoms with E-state index in [1.54, 1.807) is 12.1 Å². The Labute approximate surface area is 174 Å². The number of halogens is 2. The van der Waals surface area contributed by atoms with Crippen LogP contribution in [0.3, 0.4) is 0 Å². The van der Waals surface area contributed by atoms with Crippen molar-refractivity contribution in [3.8, 4) is 0 Å². The number of nitrogens with two attached hydrogens (primary N) is 1. The Kier molecular flexibility index (Phi) is 6.94. The summed E-state index contributed by atoms with van der Waals surface area (Å²) in [7, 11) is 0. The van der Waals surface area contributed by atoms with Crippen molar-refractivity contribution in [2.45, 2.75) is 38.3 Å². The van der Waals surface area contributed by atoms with E-state index in [0.717, 1.165) is 36.2 Å².